The number of carbonyl (C=O) groups is 1. The molecule has 1 atom stereocenters. The number of carbonyl (C=O) groups excluding carboxylic acids is 1. The first-order valence-electron chi connectivity index (χ1n) is 7.39. The van der Waals surface area contributed by atoms with Gasteiger partial charge >= 0.3 is 0 Å². The molecule has 2 rings (SSSR count). The van der Waals surface area contributed by atoms with Crippen molar-refractivity contribution in [3.8, 4) is 0 Å². The Balaban J connectivity index is 1.66. The largest absolute Gasteiger partial charge is 0.390 e. The molecular formula is C15H24N2O3S. The van der Waals surface area contributed by atoms with Gasteiger partial charge in [0, 0.05) is 44.5 Å². The molecule has 0 saturated carbocycles. The fourth-order valence-electron chi connectivity index (χ4n) is 2.43. The predicted octanol–water partition coefficient (Wildman–Crippen LogP) is 0.832. The summed E-state index contributed by atoms with van der Waals surface area (Å²) in [6, 6.07) is 4.05. The van der Waals surface area contributed by atoms with E-state index in [-0.39, 0.29) is 5.91 Å². The molecule has 0 aromatic carbocycles. The zero-order valence-corrected chi connectivity index (χ0v) is 13.3. The molecular weight excluding hydrogens is 288 g/mol. The number of rotatable bonds is 7. The maximum Gasteiger partial charge on any atom is 0.222 e. The van der Waals surface area contributed by atoms with Gasteiger partial charge in [0.2, 0.25) is 5.91 Å². The summed E-state index contributed by atoms with van der Waals surface area (Å²) < 4.78 is 5.28. The molecule has 1 aliphatic rings. The average Bonchev–Trinajstić information content (AvgIpc) is 2.98. The Kier molecular flexibility index (Phi) is 6.63. The molecule has 1 N–H and O–H groups in total. The van der Waals surface area contributed by atoms with Crippen molar-refractivity contribution in [2.45, 2.75) is 18.9 Å². The molecule has 0 spiro atoms. The van der Waals surface area contributed by atoms with Crippen molar-refractivity contribution in [3.63, 3.8) is 0 Å². The molecule has 6 heteroatoms. The van der Waals surface area contributed by atoms with Crippen molar-refractivity contribution in [2.75, 3.05) is 46.4 Å². The molecule has 118 valence electrons. The Morgan fingerprint density at radius 3 is 2.95 bits per heavy atom. The molecule has 1 unspecified atom stereocenters. The lowest BCUT2D eigenvalue weighted by molar-refractivity contribution is -0.131. The lowest BCUT2D eigenvalue weighted by Gasteiger charge is -2.30. The highest BCUT2D eigenvalue weighted by Crippen LogP contribution is 2.11. The van der Waals surface area contributed by atoms with E-state index in [0.29, 0.717) is 19.5 Å². The van der Waals surface area contributed by atoms with Crippen LogP contribution >= 0.6 is 11.3 Å². The third-order valence-electron chi connectivity index (χ3n) is 3.65. The van der Waals surface area contributed by atoms with E-state index in [9.17, 15) is 9.90 Å². The molecule has 0 radical (unpaired) electrons. The number of nitrogens with zero attached hydrogens (tertiary/aromatic N) is 2. The van der Waals surface area contributed by atoms with Gasteiger partial charge in [0.25, 0.3) is 0 Å². The van der Waals surface area contributed by atoms with Crippen LogP contribution < -0.4 is 0 Å². The van der Waals surface area contributed by atoms with Gasteiger partial charge in [-0.1, -0.05) is 6.07 Å². The third-order valence-corrected chi connectivity index (χ3v) is 4.58. The van der Waals surface area contributed by atoms with Gasteiger partial charge in [-0.15, -0.1) is 11.3 Å². The van der Waals surface area contributed by atoms with Gasteiger partial charge in [0.15, 0.2) is 0 Å². The number of amides is 1. The van der Waals surface area contributed by atoms with Crippen molar-refractivity contribution >= 4 is 17.2 Å². The summed E-state index contributed by atoms with van der Waals surface area (Å²) in [5.41, 5.74) is 0. The number of thiophene rings is 1. The number of aliphatic hydroxyl groups is 1. The second kappa shape index (κ2) is 8.48. The van der Waals surface area contributed by atoms with E-state index in [1.807, 2.05) is 17.5 Å². The van der Waals surface area contributed by atoms with Gasteiger partial charge in [-0.2, -0.15) is 0 Å². The summed E-state index contributed by atoms with van der Waals surface area (Å²) >= 11 is 1.68. The van der Waals surface area contributed by atoms with Gasteiger partial charge in [0.1, 0.15) is 0 Å². The highest BCUT2D eigenvalue weighted by Gasteiger charge is 2.18. The summed E-state index contributed by atoms with van der Waals surface area (Å²) in [7, 11) is 1.76. The number of aliphatic hydroxyl groups excluding tert-OH is 1. The van der Waals surface area contributed by atoms with E-state index < -0.39 is 6.10 Å². The van der Waals surface area contributed by atoms with Crippen LogP contribution in [-0.2, 0) is 16.0 Å². The van der Waals surface area contributed by atoms with Gasteiger partial charge in [-0.25, -0.2) is 0 Å². The fourth-order valence-corrected chi connectivity index (χ4v) is 3.14. The highest BCUT2D eigenvalue weighted by molar-refractivity contribution is 7.09. The maximum atomic E-state index is 12.1. The number of morpholine rings is 1. The predicted molar refractivity (Wildman–Crippen MR) is 83.5 cm³/mol. The summed E-state index contributed by atoms with van der Waals surface area (Å²) in [4.78, 5) is 17.1. The fraction of sp³-hybridized carbons (Fsp3) is 0.667. The summed E-state index contributed by atoms with van der Waals surface area (Å²) in [6.45, 7) is 4.15. The first-order valence-corrected chi connectivity index (χ1v) is 8.27. The van der Waals surface area contributed by atoms with Crippen molar-refractivity contribution in [3.05, 3.63) is 22.4 Å². The SMILES string of the molecule is CN(CC(O)CN1CCOCC1)C(=O)CCc1cccs1. The number of aryl methyl sites for hydroxylation is 1. The van der Waals surface area contributed by atoms with Gasteiger partial charge in [0.05, 0.1) is 19.3 Å². The van der Waals surface area contributed by atoms with Crippen molar-refractivity contribution in [1.29, 1.82) is 0 Å². The van der Waals surface area contributed by atoms with E-state index in [1.54, 1.807) is 23.3 Å². The van der Waals surface area contributed by atoms with Gasteiger partial charge in [-0.05, 0) is 17.9 Å². The van der Waals surface area contributed by atoms with Crippen LogP contribution in [0.1, 0.15) is 11.3 Å². The highest BCUT2D eigenvalue weighted by atomic mass is 32.1. The van der Waals surface area contributed by atoms with E-state index in [4.69, 9.17) is 4.74 Å². The second-order valence-electron chi connectivity index (χ2n) is 5.42. The van der Waals surface area contributed by atoms with E-state index in [2.05, 4.69) is 4.90 Å². The molecule has 1 aromatic rings. The van der Waals surface area contributed by atoms with Gasteiger partial charge < -0.3 is 14.7 Å². The van der Waals surface area contributed by atoms with Crippen molar-refractivity contribution in [2.24, 2.45) is 0 Å². The van der Waals surface area contributed by atoms with Gasteiger partial charge in [-0.3, -0.25) is 9.69 Å². The third kappa shape index (κ3) is 5.74. The molecule has 0 aliphatic carbocycles. The number of β-amino-alcohol motifs (C(OH)–C–C–N with tert-alkyl or cyclic N) is 1. The van der Waals surface area contributed by atoms with E-state index in [1.165, 1.54) is 4.88 Å². The molecule has 1 aliphatic heterocycles. The Bertz CT molecular complexity index is 419. The Hall–Kier alpha value is -0.950. The summed E-state index contributed by atoms with van der Waals surface area (Å²) in [6.07, 6.45) is 0.778. The lowest BCUT2D eigenvalue weighted by atomic mass is 10.2. The van der Waals surface area contributed by atoms with Crippen LogP contribution in [0, 0.1) is 0 Å². The van der Waals surface area contributed by atoms with Crippen LogP contribution in [0.2, 0.25) is 0 Å². The first kappa shape index (κ1) is 16.4. The van der Waals surface area contributed by atoms with Crippen LogP contribution in [0.15, 0.2) is 17.5 Å². The smallest absolute Gasteiger partial charge is 0.222 e. The van der Waals surface area contributed by atoms with Crippen LogP contribution in [-0.4, -0.2) is 73.4 Å². The lowest BCUT2D eigenvalue weighted by Crippen LogP contribution is -2.45. The number of hydrogen-bond acceptors (Lipinski definition) is 5. The normalized spacial score (nSPS) is 17.6. The molecule has 0 bridgehead atoms. The molecule has 5 nitrogen and oxygen atoms in total. The van der Waals surface area contributed by atoms with E-state index >= 15 is 0 Å². The monoisotopic (exact) mass is 312 g/mol. The standard InChI is InChI=1S/C15H24N2O3S/c1-16(15(19)5-4-14-3-2-10-21-14)11-13(18)12-17-6-8-20-9-7-17/h2-3,10,13,18H,4-9,11-12H2,1H3. The quantitative estimate of drug-likeness (QED) is 0.810. The van der Waals surface area contributed by atoms with Crippen LogP contribution in [0.5, 0.6) is 0 Å². The molecule has 1 aromatic heterocycles. The molecule has 1 saturated heterocycles. The Labute approximate surface area is 130 Å². The zero-order chi connectivity index (χ0) is 15.1. The zero-order valence-electron chi connectivity index (χ0n) is 12.5. The Morgan fingerprint density at radius 2 is 2.29 bits per heavy atom. The molecule has 1 fully saturated rings. The number of ether oxygens (including phenoxy) is 1. The second-order valence-corrected chi connectivity index (χ2v) is 6.45. The Morgan fingerprint density at radius 1 is 1.52 bits per heavy atom. The van der Waals surface area contributed by atoms with Crippen LogP contribution in [0.25, 0.3) is 0 Å². The van der Waals surface area contributed by atoms with Crippen LogP contribution in [0.4, 0.5) is 0 Å². The molecule has 1 amide bonds. The number of likely N-dealkylation sites (N-methyl/N-ethyl adjacent to an activating group) is 1. The summed E-state index contributed by atoms with van der Waals surface area (Å²) in [5.74, 6) is 0.0874. The minimum Gasteiger partial charge on any atom is -0.390 e. The molecule has 21 heavy (non-hydrogen) atoms. The number of hydrogen-bond donors (Lipinski definition) is 1. The topological polar surface area (TPSA) is 53.0 Å². The molecule has 2 heterocycles. The minimum atomic E-state index is -0.501. The van der Waals surface area contributed by atoms with Crippen molar-refractivity contribution < 1.29 is 14.6 Å². The first-order chi connectivity index (χ1) is 10.1. The summed E-state index contributed by atoms with van der Waals surface area (Å²) in [5, 5.41) is 12.1. The maximum absolute atomic E-state index is 12.1. The van der Waals surface area contributed by atoms with E-state index in [0.717, 1.165) is 32.7 Å². The van der Waals surface area contributed by atoms with Crippen LogP contribution in [0.3, 0.4) is 0 Å². The average molecular weight is 312 g/mol. The minimum absolute atomic E-state index is 0.0874. The van der Waals surface area contributed by atoms with Crippen molar-refractivity contribution in [1.82, 2.24) is 9.80 Å².